The van der Waals surface area contributed by atoms with E-state index in [1.165, 1.54) is 24.8 Å². The summed E-state index contributed by atoms with van der Waals surface area (Å²) in [5.74, 6) is 1.58. The van der Waals surface area contributed by atoms with Crippen LogP contribution in [0.4, 0.5) is 5.69 Å². The van der Waals surface area contributed by atoms with Crippen LogP contribution in [0.15, 0.2) is 41.3 Å². The third kappa shape index (κ3) is 8.50. The highest BCUT2D eigenvalue weighted by Gasteiger charge is 2.23. The fourth-order valence-electron chi connectivity index (χ4n) is 3.70. The number of aryl methyl sites for hydroxylation is 1. The van der Waals surface area contributed by atoms with Crippen LogP contribution in [0.3, 0.4) is 0 Å². The Morgan fingerprint density at radius 1 is 0.879 bits per heavy atom. The molecular formula is C27H39NO4S. The van der Waals surface area contributed by atoms with Crippen LogP contribution in [0.1, 0.15) is 64.4 Å². The Balaban J connectivity index is 2.20. The van der Waals surface area contributed by atoms with Crippen molar-refractivity contribution in [3.05, 3.63) is 42.0 Å². The number of anilines is 1. The van der Waals surface area contributed by atoms with Crippen LogP contribution in [-0.2, 0) is 11.2 Å². The van der Waals surface area contributed by atoms with E-state index in [2.05, 4.69) is 43.4 Å². The number of hydrogen-bond donors (Lipinski definition) is 1. The molecule has 0 fully saturated rings. The molecule has 6 heteroatoms. The van der Waals surface area contributed by atoms with Crippen molar-refractivity contribution in [1.82, 2.24) is 0 Å². The second-order valence-electron chi connectivity index (χ2n) is 8.10. The van der Waals surface area contributed by atoms with Crippen molar-refractivity contribution in [2.45, 2.75) is 75.4 Å². The first-order valence-corrected chi connectivity index (χ1v) is 12.8. The smallest absolute Gasteiger partial charge is 0.238 e. The van der Waals surface area contributed by atoms with E-state index >= 15 is 0 Å². The van der Waals surface area contributed by atoms with Gasteiger partial charge in [-0.25, -0.2) is 0 Å². The first-order valence-electron chi connectivity index (χ1n) is 11.9. The largest absolute Gasteiger partial charge is 0.496 e. The summed E-state index contributed by atoms with van der Waals surface area (Å²) in [5, 5.41) is 2.86. The van der Waals surface area contributed by atoms with Crippen molar-refractivity contribution in [2.75, 3.05) is 26.6 Å². The number of amides is 1. The second-order valence-corrected chi connectivity index (χ2v) is 9.38. The molecule has 1 N–H and O–H groups in total. The Morgan fingerprint density at radius 3 is 2.06 bits per heavy atom. The number of unbranched alkanes of at least 4 members (excludes halogenated alkanes) is 4. The molecule has 182 valence electrons. The van der Waals surface area contributed by atoms with Crippen LogP contribution in [0.25, 0.3) is 0 Å². The molecule has 1 unspecified atom stereocenters. The topological polar surface area (TPSA) is 56.8 Å². The van der Waals surface area contributed by atoms with Crippen molar-refractivity contribution < 1.29 is 19.0 Å². The summed E-state index contributed by atoms with van der Waals surface area (Å²) in [7, 11) is 4.73. The molecule has 0 saturated carbocycles. The Labute approximate surface area is 203 Å². The van der Waals surface area contributed by atoms with Crippen LogP contribution in [-0.4, -0.2) is 32.5 Å². The molecule has 0 aliphatic heterocycles. The predicted octanol–water partition coefficient (Wildman–Crippen LogP) is 7.12. The molecule has 2 rings (SSSR count). The van der Waals surface area contributed by atoms with Gasteiger partial charge in [0.2, 0.25) is 5.91 Å². The van der Waals surface area contributed by atoms with Gasteiger partial charge in [-0.2, -0.15) is 0 Å². The Bertz CT molecular complexity index is 829. The van der Waals surface area contributed by atoms with Gasteiger partial charge in [-0.05, 0) is 30.5 Å². The molecular weight excluding hydrogens is 434 g/mol. The number of carbonyl (C=O) groups excluding carboxylic acids is 1. The Kier molecular flexibility index (Phi) is 12.0. The number of benzene rings is 2. The maximum absolute atomic E-state index is 13.4. The molecule has 0 aliphatic rings. The van der Waals surface area contributed by atoms with Gasteiger partial charge in [0.15, 0.2) is 0 Å². The average molecular weight is 474 g/mol. The van der Waals surface area contributed by atoms with Crippen molar-refractivity contribution in [2.24, 2.45) is 0 Å². The summed E-state index contributed by atoms with van der Waals surface area (Å²) in [6, 6.07) is 12.1. The molecule has 0 aliphatic carbocycles. The lowest BCUT2D eigenvalue weighted by molar-refractivity contribution is -0.115. The fraction of sp³-hybridized carbons (Fsp3) is 0.519. The highest BCUT2D eigenvalue weighted by molar-refractivity contribution is 8.00. The van der Waals surface area contributed by atoms with Crippen LogP contribution < -0.4 is 19.5 Å². The summed E-state index contributed by atoms with van der Waals surface area (Å²) < 4.78 is 16.3. The van der Waals surface area contributed by atoms with Gasteiger partial charge in [0.05, 0.1) is 26.6 Å². The quantitative estimate of drug-likeness (QED) is 0.220. The number of methoxy groups -OCH3 is 3. The van der Waals surface area contributed by atoms with Gasteiger partial charge >= 0.3 is 0 Å². The third-order valence-electron chi connectivity index (χ3n) is 5.57. The molecule has 5 nitrogen and oxygen atoms in total. The molecule has 0 radical (unpaired) electrons. The molecule has 1 atom stereocenters. The van der Waals surface area contributed by atoms with E-state index in [0.717, 1.165) is 37.0 Å². The molecule has 0 spiro atoms. The molecule has 33 heavy (non-hydrogen) atoms. The summed E-state index contributed by atoms with van der Waals surface area (Å²) >= 11 is 1.62. The fourth-order valence-corrected chi connectivity index (χ4v) is 4.77. The van der Waals surface area contributed by atoms with Crippen LogP contribution in [0.2, 0.25) is 0 Å². The summed E-state index contributed by atoms with van der Waals surface area (Å²) in [4.78, 5) is 14.5. The molecule has 0 saturated heterocycles. The second kappa shape index (κ2) is 14.7. The standard InChI is InChI=1S/C27H39NO4S/c1-6-8-9-10-11-13-25(33-22-16-14-20(12-7-2)15-17-22)27(29)28-26-23(31-4)18-21(30-3)19-24(26)32-5/h14-19,25H,6-13H2,1-5H3,(H,28,29). The predicted molar refractivity (Wildman–Crippen MR) is 138 cm³/mol. The van der Waals surface area contributed by atoms with Gasteiger partial charge in [0.25, 0.3) is 0 Å². The number of thioether (sulfide) groups is 1. The molecule has 1 amide bonds. The van der Waals surface area contributed by atoms with E-state index in [1.807, 2.05) is 0 Å². The van der Waals surface area contributed by atoms with Gasteiger partial charge in [-0.3, -0.25) is 4.79 Å². The van der Waals surface area contributed by atoms with E-state index in [9.17, 15) is 4.79 Å². The summed E-state index contributed by atoms with van der Waals surface area (Å²) in [5.41, 5.74) is 1.86. The van der Waals surface area contributed by atoms with Crippen molar-refractivity contribution in [1.29, 1.82) is 0 Å². The van der Waals surface area contributed by atoms with Gasteiger partial charge in [-0.1, -0.05) is 64.5 Å². The number of hydrogen-bond acceptors (Lipinski definition) is 5. The molecule has 0 aromatic heterocycles. The maximum atomic E-state index is 13.4. The normalized spacial score (nSPS) is 11.7. The van der Waals surface area contributed by atoms with E-state index in [-0.39, 0.29) is 11.2 Å². The minimum Gasteiger partial charge on any atom is -0.496 e. The van der Waals surface area contributed by atoms with Crippen molar-refractivity contribution in [3.63, 3.8) is 0 Å². The highest BCUT2D eigenvalue weighted by atomic mass is 32.2. The zero-order valence-electron chi connectivity index (χ0n) is 20.7. The third-order valence-corrected chi connectivity index (χ3v) is 6.84. The van der Waals surface area contributed by atoms with Gasteiger partial charge in [0, 0.05) is 17.0 Å². The van der Waals surface area contributed by atoms with E-state index < -0.39 is 0 Å². The summed E-state index contributed by atoms with van der Waals surface area (Å²) in [6.07, 6.45) is 8.84. The van der Waals surface area contributed by atoms with E-state index in [0.29, 0.717) is 22.9 Å². The summed E-state index contributed by atoms with van der Waals surface area (Å²) in [6.45, 7) is 4.40. The van der Waals surface area contributed by atoms with Crippen LogP contribution >= 0.6 is 11.8 Å². The average Bonchev–Trinajstić information content (AvgIpc) is 2.84. The number of ether oxygens (including phenoxy) is 3. The minimum absolute atomic E-state index is 0.0464. The highest BCUT2D eigenvalue weighted by Crippen LogP contribution is 2.40. The number of carbonyl (C=O) groups is 1. The molecule has 2 aromatic rings. The van der Waals surface area contributed by atoms with E-state index in [1.54, 1.807) is 45.2 Å². The lowest BCUT2D eigenvalue weighted by Crippen LogP contribution is -2.25. The van der Waals surface area contributed by atoms with Crippen molar-refractivity contribution in [3.8, 4) is 17.2 Å². The monoisotopic (exact) mass is 473 g/mol. The molecule has 0 bridgehead atoms. The van der Waals surface area contributed by atoms with Crippen molar-refractivity contribution >= 4 is 23.4 Å². The van der Waals surface area contributed by atoms with Crippen LogP contribution in [0, 0.1) is 0 Å². The number of rotatable bonds is 15. The lowest BCUT2D eigenvalue weighted by Gasteiger charge is -2.20. The SMILES string of the molecule is CCCCCCCC(Sc1ccc(CCC)cc1)C(=O)Nc1c(OC)cc(OC)cc1OC. The Morgan fingerprint density at radius 2 is 1.52 bits per heavy atom. The Hall–Kier alpha value is -2.34. The first-order chi connectivity index (χ1) is 16.1. The number of nitrogens with one attached hydrogen (secondary N) is 1. The first kappa shape index (κ1) is 26.9. The minimum atomic E-state index is -0.208. The van der Waals surface area contributed by atoms with Crippen LogP contribution in [0.5, 0.6) is 17.2 Å². The van der Waals surface area contributed by atoms with E-state index in [4.69, 9.17) is 14.2 Å². The molecule has 2 aromatic carbocycles. The zero-order valence-corrected chi connectivity index (χ0v) is 21.6. The lowest BCUT2D eigenvalue weighted by atomic mass is 10.1. The van der Waals surface area contributed by atoms with Gasteiger partial charge in [-0.15, -0.1) is 11.8 Å². The van der Waals surface area contributed by atoms with Gasteiger partial charge in [0.1, 0.15) is 22.9 Å². The maximum Gasteiger partial charge on any atom is 0.238 e. The van der Waals surface area contributed by atoms with Gasteiger partial charge < -0.3 is 19.5 Å². The zero-order chi connectivity index (χ0) is 24.1. The molecule has 0 heterocycles.